The van der Waals surface area contributed by atoms with Gasteiger partial charge in [0.05, 0.1) is 12.7 Å². The topological polar surface area (TPSA) is 73.1 Å². The van der Waals surface area contributed by atoms with E-state index in [1.54, 1.807) is 7.11 Å². The van der Waals surface area contributed by atoms with Crippen LogP contribution in [-0.4, -0.2) is 17.1 Å². The van der Waals surface area contributed by atoms with Gasteiger partial charge in [0.1, 0.15) is 11.6 Å². The van der Waals surface area contributed by atoms with Crippen molar-refractivity contribution in [1.29, 1.82) is 0 Å². The molecule has 0 aliphatic heterocycles. The van der Waals surface area contributed by atoms with Crippen LogP contribution in [0.3, 0.4) is 0 Å². The number of hydrogen-bond donors (Lipinski definition) is 2. The largest absolute Gasteiger partial charge is 0.496 e. The van der Waals surface area contributed by atoms with Crippen LogP contribution >= 0.6 is 15.9 Å². The minimum atomic E-state index is 0.287. The number of nitrogens with two attached hydrogens (primary N) is 1. The van der Waals surface area contributed by atoms with Gasteiger partial charge in [0.2, 0.25) is 0 Å². The number of rotatable bonds is 4. The maximum Gasteiger partial charge on any atom is 0.165 e. The molecule has 1 heterocycles. The van der Waals surface area contributed by atoms with Gasteiger partial charge in [0.25, 0.3) is 0 Å². The lowest BCUT2D eigenvalue weighted by molar-refractivity contribution is 0.416. The Hall–Kier alpha value is -1.66. The quantitative estimate of drug-likeness (QED) is 0.650. The van der Waals surface area contributed by atoms with Gasteiger partial charge < -0.3 is 10.2 Å². The number of ether oxygens (including phenoxy) is 1. The highest BCUT2D eigenvalue weighted by atomic mass is 79.9. The molecule has 0 saturated heterocycles. The van der Waals surface area contributed by atoms with Crippen molar-refractivity contribution in [2.45, 2.75) is 26.7 Å². The van der Waals surface area contributed by atoms with Gasteiger partial charge in [-0.2, -0.15) is 0 Å². The van der Waals surface area contributed by atoms with E-state index in [9.17, 15) is 0 Å². The molecule has 0 atom stereocenters. The molecule has 1 aromatic heterocycles. The first kappa shape index (κ1) is 15.7. The highest BCUT2D eigenvalue weighted by molar-refractivity contribution is 9.10. The maximum absolute atomic E-state index is 5.62. The summed E-state index contributed by atoms with van der Waals surface area (Å²) in [6.07, 6.45) is 0. The van der Waals surface area contributed by atoms with Crippen molar-refractivity contribution < 1.29 is 4.74 Å². The molecule has 6 heteroatoms. The maximum atomic E-state index is 5.62. The molecule has 0 saturated carbocycles. The normalized spacial score (nSPS) is 10.8. The molecule has 0 aliphatic carbocycles. The van der Waals surface area contributed by atoms with E-state index in [0.717, 1.165) is 27.0 Å². The van der Waals surface area contributed by atoms with Crippen molar-refractivity contribution in [2.75, 3.05) is 12.5 Å². The minimum Gasteiger partial charge on any atom is -0.496 e. The zero-order valence-electron chi connectivity index (χ0n) is 12.6. The van der Waals surface area contributed by atoms with Crippen molar-refractivity contribution in [1.82, 2.24) is 9.97 Å². The number of anilines is 1. The lowest BCUT2D eigenvalue weighted by Gasteiger charge is -2.16. The second-order valence-electron chi connectivity index (χ2n) is 5.04. The van der Waals surface area contributed by atoms with Gasteiger partial charge in [-0.15, -0.1) is 0 Å². The molecule has 0 radical (unpaired) electrons. The van der Waals surface area contributed by atoms with Crippen LogP contribution < -0.4 is 16.0 Å². The van der Waals surface area contributed by atoms with Crippen LogP contribution in [0.5, 0.6) is 5.75 Å². The first-order chi connectivity index (χ1) is 9.97. The molecule has 1 aromatic carbocycles. The Balaban J connectivity index is 2.66. The summed E-state index contributed by atoms with van der Waals surface area (Å²) >= 11 is 3.46. The van der Waals surface area contributed by atoms with Gasteiger partial charge in [-0.05, 0) is 31.0 Å². The molecule has 5 nitrogen and oxygen atoms in total. The number of aryl methyl sites for hydroxylation is 1. The van der Waals surface area contributed by atoms with Crippen molar-refractivity contribution in [3.05, 3.63) is 33.9 Å². The lowest BCUT2D eigenvalue weighted by atomic mass is 10.0. The molecule has 0 amide bonds. The first-order valence-electron chi connectivity index (χ1n) is 6.67. The van der Waals surface area contributed by atoms with E-state index in [-0.39, 0.29) is 5.92 Å². The van der Waals surface area contributed by atoms with Crippen molar-refractivity contribution in [3.8, 4) is 17.1 Å². The lowest BCUT2D eigenvalue weighted by Crippen LogP contribution is -2.14. The van der Waals surface area contributed by atoms with E-state index < -0.39 is 0 Å². The summed E-state index contributed by atoms with van der Waals surface area (Å²) in [4.78, 5) is 9.16. The number of hydrogen-bond acceptors (Lipinski definition) is 5. The second kappa shape index (κ2) is 6.41. The summed E-state index contributed by atoms with van der Waals surface area (Å²) in [6, 6.07) is 5.73. The van der Waals surface area contributed by atoms with Crippen LogP contribution in [0.4, 0.5) is 5.82 Å². The van der Waals surface area contributed by atoms with Gasteiger partial charge in [0, 0.05) is 15.7 Å². The Bertz CT molecular complexity index is 658. The molecular weight excluding hydrogens is 332 g/mol. The monoisotopic (exact) mass is 350 g/mol. The van der Waals surface area contributed by atoms with Crippen LogP contribution in [0.15, 0.2) is 22.7 Å². The van der Waals surface area contributed by atoms with Gasteiger partial charge in [-0.3, -0.25) is 0 Å². The molecule has 21 heavy (non-hydrogen) atoms. The number of nitrogens with one attached hydrogen (secondary N) is 1. The Kier molecular flexibility index (Phi) is 4.80. The third-order valence-corrected chi connectivity index (χ3v) is 3.75. The molecule has 0 bridgehead atoms. The molecule has 0 fully saturated rings. The second-order valence-corrected chi connectivity index (χ2v) is 5.95. The molecule has 0 aliphatic rings. The molecule has 2 rings (SSSR count). The highest BCUT2D eigenvalue weighted by Crippen LogP contribution is 2.33. The summed E-state index contributed by atoms with van der Waals surface area (Å²) in [5.74, 6) is 7.86. The standard InChI is InChI=1S/C15H19BrN4O/c1-8(2)13-9(3)18-14(19-15(13)20-17)11-7-10(16)5-6-12(11)21-4/h5-8H,17H2,1-4H3,(H,18,19,20). The number of halogens is 1. The summed E-state index contributed by atoms with van der Waals surface area (Å²) in [5.41, 5.74) is 5.43. The van der Waals surface area contributed by atoms with E-state index in [1.807, 2.05) is 25.1 Å². The number of nitrogens with zero attached hydrogens (tertiary/aromatic N) is 2. The van der Waals surface area contributed by atoms with Crippen LogP contribution in [-0.2, 0) is 0 Å². The van der Waals surface area contributed by atoms with Crippen molar-refractivity contribution >= 4 is 21.7 Å². The van der Waals surface area contributed by atoms with E-state index in [1.165, 1.54) is 0 Å². The summed E-state index contributed by atoms with van der Waals surface area (Å²) < 4.78 is 6.33. The molecule has 0 unspecified atom stereocenters. The van der Waals surface area contributed by atoms with Crippen molar-refractivity contribution in [3.63, 3.8) is 0 Å². The Morgan fingerprint density at radius 2 is 2.00 bits per heavy atom. The number of aromatic nitrogens is 2. The number of benzene rings is 1. The van der Waals surface area contributed by atoms with Crippen LogP contribution in [0.1, 0.15) is 31.0 Å². The Morgan fingerprint density at radius 1 is 1.29 bits per heavy atom. The predicted octanol–water partition coefficient (Wildman–Crippen LogP) is 3.63. The van der Waals surface area contributed by atoms with Gasteiger partial charge in [-0.25, -0.2) is 15.8 Å². The molecular formula is C15H19BrN4O. The summed E-state index contributed by atoms with van der Waals surface area (Å²) in [5, 5.41) is 0. The average molecular weight is 351 g/mol. The smallest absolute Gasteiger partial charge is 0.165 e. The van der Waals surface area contributed by atoms with E-state index >= 15 is 0 Å². The van der Waals surface area contributed by atoms with Gasteiger partial charge in [-0.1, -0.05) is 29.8 Å². The summed E-state index contributed by atoms with van der Waals surface area (Å²) in [7, 11) is 1.63. The highest BCUT2D eigenvalue weighted by Gasteiger charge is 2.17. The summed E-state index contributed by atoms with van der Waals surface area (Å²) in [6.45, 7) is 6.14. The van der Waals surface area contributed by atoms with Gasteiger partial charge in [0.15, 0.2) is 5.82 Å². The number of methoxy groups -OCH3 is 1. The minimum absolute atomic E-state index is 0.287. The fourth-order valence-electron chi connectivity index (χ4n) is 2.36. The molecule has 2 aromatic rings. The van der Waals surface area contributed by atoms with Crippen molar-refractivity contribution in [2.24, 2.45) is 5.84 Å². The Labute approximate surface area is 133 Å². The zero-order chi connectivity index (χ0) is 15.6. The third kappa shape index (κ3) is 3.16. The first-order valence-corrected chi connectivity index (χ1v) is 7.46. The van der Waals surface area contributed by atoms with Gasteiger partial charge >= 0.3 is 0 Å². The molecule has 112 valence electrons. The fraction of sp³-hybridized carbons (Fsp3) is 0.333. The third-order valence-electron chi connectivity index (χ3n) is 3.25. The molecule has 3 N–H and O–H groups in total. The Morgan fingerprint density at radius 3 is 2.57 bits per heavy atom. The SMILES string of the molecule is COc1ccc(Br)cc1-c1nc(C)c(C(C)C)c(NN)n1. The van der Waals surface area contributed by atoms with E-state index in [2.05, 4.69) is 45.2 Å². The van der Waals surface area contributed by atoms with E-state index in [0.29, 0.717) is 11.6 Å². The average Bonchev–Trinajstić information content (AvgIpc) is 2.45. The zero-order valence-corrected chi connectivity index (χ0v) is 14.2. The van der Waals surface area contributed by atoms with Crippen LogP contribution in [0.25, 0.3) is 11.4 Å². The number of nitrogen functional groups attached to an aromatic ring is 1. The van der Waals surface area contributed by atoms with Crippen LogP contribution in [0, 0.1) is 6.92 Å². The predicted molar refractivity (Wildman–Crippen MR) is 88.4 cm³/mol. The fourth-order valence-corrected chi connectivity index (χ4v) is 2.72. The van der Waals surface area contributed by atoms with Crippen LogP contribution in [0.2, 0.25) is 0 Å². The number of hydrazine groups is 1. The molecule has 0 spiro atoms. The van der Waals surface area contributed by atoms with E-state index in [4.69, 9.17) is 10.6 Å².